The third kappa shape index (κ3) is 6.27. The fourth-order valence-corrected chi connectivity index (χ4v) is 2.91. The predicted molar refractivity (Wildman–Crippen MR) is 109 cm³/mol. The van der Waals surface area contributed by atoms with Gasteiger partial charge in [0.1, 0.15) is 5.82 Å². The summed E-state index contributed by atoms with van der Waals surface area (Å²) in [7, 11) is 0. The molecule has 0 aliphatic rings. The van der Waals surface area contributed by atoms with E-state index in [0.717, 1.165) is 12.0 Å². The number of carbonyl (C=O) groups is 2. The molecule has 3 rings (SSSR count). The first kappa shape index (κ1) is 20.3. The first-order chi connectivity index (χ1) is 14.1. The van der Waals surface area contributed by atoms with Crippen LogP contribution >= 0.6 is 0 Å². The van der Waals surface area contributed by atoms with Crippen LogP contribution in [0.15, 0.2) is 59.4 Å². The maximum Gasteiger partial charge on any atom is 0.306 e. The maximum absolute atomic E-state index is 12.0. The van der Waals surface area contributed by atoms with E-state index >= 15 is 0 Å². The quantitative estimate of drug-likeness (QED) is 0.543. The zero-order chi connectivity index (χ0) is 20.5. The first-order valence-corrected chi connectivity index (χ1v) is 9.56. The molecule has 0 unspecified atom stereocenters. The number of aromatic amines is 1. The SMILES string of the molecule is O=C(COC(=O)CCCc1nc2ccccc2c(=O)[nH]1)NCCc1ccccc1. The van der Waals surface area contributed by atoms with Gasteiger partial charge in [-0.25, -0.2) is 4.98 Å². The van der Waals surface area contributed by atoms with Gasteiger partial charge in [0.15, 0.2) is 6.61 Å². The molecule has 0 atom stereocenters. The number of hydrogen-bond donors (Lipinski definition) is 2. The maximum atomic E-state index is 12.0. The summed E-state index contributed by atoms with van der Waals surface area (Å²) < 4.78 is 5.00. The Kier molecular flexibility index (Phi) is 7.10. The van der Waals surface area contributed by atoms with Crippen molar-refractivity contribution in [2.24, 2.45) is 0 Å². The van der Waals surface area contributed by atoms with Crippen molar-refractivity contribution in [3.05, 3.63) is 76.3 Å². The third-order valence-corrected chi connectivity index (χ3v) is 4.40. The summed E-state index contributed by atoms with van der Waals surface area (Å²) in [4.78, 5) is 42.7. The van der Waals surface area contributed by atoms with Gasteiger partial charge in [0.05, 0.1) is 10.9 Å². The lowest BCUT2D eigenvalue weighted by atomic mass is 10.1. The van der Waals surface area contributed by atoms with Gasteiger partial charge >= 0.3 is 5.97 Å². The number of esters is 1. The zero-order valence-electron chi connectivity index (χ0n) is 16.0. The minimum atomic E-state index is -0.452. The summed E-state index contributed by atoms with van der Waals surface area (Å²) >= 11 is 0. The van der Waals surface area contributed by atoms with Gasteiger partial charge in [0.25, 0.3) is 11.5 Å². The highest BCUT2D eigenvalue weighted by Gasteiger charge is 2.09. The molecule has 0 fully saturated rings. The van der Waals surface area contributed by atoms with Crippen LogP contribution in [0.1, 0.15) is 24.2 Å². The number of nitrogens with zero attached hydrogens (tertiary/aromatic N) is 1. The molecule has 0 bridgehead atoms. The number of aromatic nitrogens is 2. The number of para-hydroxylation sites is 1. The Balaban J connectivity index is 1.34. The number of nitrogens with one attached hydrogen (secondary N) is 2. The minimum absolute atomic E-state index is 0.147. The average Bonchev–Trinajstić information content (AvgIpc) is 2.73. The minimum Gasteiger partial charge on any atom is -0.456 e. The second-order valence-electron chi connectivity index (χ2n) is 6.63. The van der Waals surface area contributed by atoms with Gasteiger partial charge in [-0.05, 0) is 30.5 Å². The number of fused-ring (bicyclic) bond motifs is 1. The molecule has 1 heterocycles. The van der Waals surface area contributed by atoms with E-state index in [1.807, 2.05) is 36.4 Å². The van der Waals surface area contributed by atoms with Crippen molar-refractivity contribution in [2.75, 3.05) is 13.2 Å². The molecule has 0 aliphatic heterocycles. The standard InChI is InChI=1S/C22H23N3O4/c26-20(23-14-13-16-7-2-1-3-8-16)15-29-21(27)12-6-11-19-24-18-10-5-4-9-17(18)22(28)25-19/h1-5,7-10H,6,11-15H2,(H,23,26)(H,24,25,28). The molecular weight excluding hydrogens is 370 g/mol. The van der Waals surface area contributed by atoms with E-state index in [4.69, 9.17) is 4.74 Å². The van der Waals surface area contributed by atoms with Crippen LogP contribution in [0.25, 0.3) is 10.9 Å². The molecule has 7 nitrogen and oxygen atoms in total. The van der Waals surface area contributed by atoms with E-state index in [0.29, 0.717) is 36.1 Å². The van der Waals surface area contributed by atoms with E-state index in [-0.39, 0.29) is 24.5 Å². The van der Waals surface area contributed by atoms with Crippen LogP contribution in [-0.2, 0) is 27.2 Å². The van der Waals surface area contributed by atoms with Crippen LogP contribution in [-0.4, -0.2) is 35.0 Å². The number of aryl methyl sites for hydroxylation is 1. The van der Waals surface area contributed by atoms with Crippen molar-refractivity contribution >= 4 is 22.8 Å². The monoisotopic (exact) mass is 393 g/mol. The number of benzene rings is 2. The van der Waals surface area contributed by atoms with Gasteiger partial charge in [-0.1, -0.05) is 42.5 Å². The van der Waals surface area contributed by atoms with E-state index in [1.165, 1.54) is 0 Å². The Morgan fingerprint density at radius 1 is 1.00 bits per heavy atom. The summed E-state index contributed by atoms with van der Waals surface area (Å²) in [5.41, 5.74) is 1.56. The summed E-state index contributed by atoms with van der Waals surface area (Å²) in [5, 5.41) is 3.26. The number of carbonyl (C=O) groups excluding carboxylic acids is 2. The van der Waals surface area contributed by atoms with Crippen molar-refractivity contribution < 1.29 is 14.3 Å². The second kappa shape index (κ2) is 10.2. The molecule has 7 heteroatoms. The topological polar surface area (TPSA) is 101 Å². The Hall–Kier alpha value is -3.48. The third-order valence-electron chi connectivity index (χ3n) is 4.40. The summed E-state index contributed by atoms with van der Waals surface area (Å²) in [6.45, 7) is 0.195. The molecule has 0 saturated heterocycles. The van der Waals surface area contributed by atoms with Gasteiger partial charge in [-0.3, -0.25) is 14.4 Å². The van der Waals surface area contributed by atoms with Crippen LogP contribution in [0, 0.1) is 0 Å². The fraction of sp³-hybridized carbons (Fsp3) is 0.273. The molecular formula is C22H23N3O4. The lowest BCUT2D eigenvalue weighted by Crippen LogP contribution is -2.30. The van der Waals surface area contributed by atoms with Crippen molar-refractivity contribution in [2.45, 2.75) is 25.7 Å². The number of amides is 1. The number of H-pyrrole nitrogens is 1. The Morgan fingerprint density at radius 2 is 1.76 bits per heavy atom. The first-order valence-electron chi connectivity index (χ1n) is 9.56. The van der Waals surface area contributed by atoms with Crippen molar-refractivity contribution in [1.29, 1.82) is 0 Å². The van der Waals surface area contributed by atoms with E-state index in [9.17, 15) is 14.4 Å². The highest BCUT2D eigenvalue weighted by Crippen LogP contribution is 2.07. The van der Waals surface area contributed by atoms with Crippen LogP contribution in [0.4, 0.5) is 0 Å². The lowest BCUT2D eigenvalue weighted by Gasteiger charge is -2.07. The molecule has 0 aliphatic carbocycles. The van der Waals surface area contributed by atoms with Crippen LogP contribution in [0.2, 0.25) is 0 Å². The average molecular weight is 393 g/mol. The highest BCUT2D eigenvalue weighted by atomic mass is 16.5. The zero-order valence-corrected chi connectivity index (χ0v) is 16.0. The van der Waals surface area contributed by atoms with E-state index in [1.54, 1.807) is 18.2 Å². The van der Waals surface area contributed by atoms with E-state index < -0.39 is 5.97 Å². The number of hydrogen-bond acceptors (Lipinski definition) is 5. The van der Waals surface area contributed by atoms with Crippen molar-refractivity contribution in [1.82, 2.24) is 15.3 Å². The Labute approximate surface area is 168 Å². The second-order valence-corrected chi connectivity index (χ2v) is 6.63. The molecule has 0 saturated carbocycles. The Morgan fingerprint density at radius 3 is 2.59 bits per heavy atom. The van der Waals surface area contributed by atoms with Gasteiger partial charge in [-0.2, -0.15) is 0 Å². The molecule has 0 radical (unpaired) electrons. The predicted octanol–water partition coefficient (Wildman–Crippen LogP) is 2.15. The van der Waals surface area contributed by atoms with Crippen molar-refractivity contribution in [3.63, 3.8) is 0 Å². The summed E-state index contributed by atoms with van der Waals surface area (Å²) in [5.74, 6) is -0.249. The van der Waals surface area contributed by atoms with Gasteiger partial charge < -0.3 is 15.0 Å². The van der Waals surface area contributed by atoms with Gasteiger partial charge in [-0.15, -0.1) is 0 Å². The molecule has 2 aromatic carbocycles. The van der Waals surface area contributed by atoms with E-state index in [2.05, 4.69) is 15.3 Å². The molecule has 1 aromatic heterocycles. The largest absolute Gasteiger partial charge is 0.456 e. The highest BCUT2D eigenvalue weighted by molar-refractivity contribution is 5.80. The summed E-state index contributed by atoms with van der Waals surface area (Å²) in [6, 6.07) is 16.9. The Bertz CT molecular complexity index is 1030. The molecule has 29 heavy (non-hydrogen) atoms. The molecule has 3 aromatic rings. The smallest absolute Gasteiger partial charge is 0.306 e. The molecule has 2 N–H and O–H groups in total. The van der Waals surface area contributed by atoms with Crippen molar-refractivity contribution in [3.8, 4) is 0 Å². The van der Waals surface area contributed by atoms with Gasteiger partial charge in [0.2, 0.25) is 0 Å². The normalized spacial score (nSPS) is 10.6. The van der Waals surface area contributed by atoms with Gasteiger partial charge in [0, 0.05) is 19.4 Å². The van der Waals surface area contributed by atoms with Crippen LogP contribution in [0.5, 0.6) is 0 Å². The van der Waals surface area contributed by atoms with Crippen LogP contribution < -0.4 is 10.9 Å². The number of ether oxygens (including phenoxy) is 1. The molecule has 150 valence electrons. The number of rotatable bonds is 9. The lowest BCUT2D eigenvalue weighted by molar-refractivity contribution is -0.148. The molecule has 0 spiro atoms. The van der Waals surface area contributed by atoms with Crippen LogP contribution in [0.3, 0.4) is 0 Å². The fourth-order valence-electron chi connectivity index (χ4n) is 2.91. The molecule has 1 amide bonds. The summed E-state index contributed by atoms with van der Waals surface area (Å²) in [6.07, 6.45) is 1.78.